The van der Waals surface area contributed by atoms with Gasteiger partial charge in [-0.1, -0.05) is 24.3 Å². The predicted molar refractivity (Wildman–Crippen MR) is 102 cm³/mol. The molecular formula is C20H21N3O2S. The Balaban J connectivity index is 1.46. The first-order valence-electron chi connectivity index (χ1n) is 8.85. The summed E-state index contributed by atoms with van der Waals surface area (Å²) in [4.78, 5) is 16.4. The van der Waals surface area contributed by atoms with Crippen LogP contribution in [0.2, 0.25) is 0 Å². The zero-order chi connectivity index (χ0) is 17.9. The molecule has 0 saturated carbocycles. The maximum absolute atomic E-state index is 12.9. The molecule has 1 aliphatic rings. The van der Waals surface area contributed by atoms with E-state index in [1.165, 1.54) is 4.90 Å². The number of rotatable bonds is 5. The molecule has 0 spiro atoms. The zero-order valence-corrected chi connectivity index (χ0v) is 15.5. The van der Waals surface area contributed by atoms with Gasteiger partial charge in [0.2, 0.25) is 0 Å². The second-order valence-corrected chi connectivity index (χ2v) is 7.60. The van der Waals surface area contributed by atoms with Gasteiger partial charge in [-0.25, -0.2) is 4.63 Å². The van der Waals surface area contributed by atoms with Gasteiger partial charge < -0.3 is 0 Å². The van der Waals surface area contributed by atoms with Gasteiger partial charge in [0.1, 0.15) is 11.0 Å². The smallest absolute Gasteiger partial charge is 0.167 e. The maximum atomic E-state index is 12.9. The monoisotopic (exact) mass is 367 g/mol. The molecule has 2 aromatic carbocycles. The third-order valence-electron chi connectivity index (χ3n) is 5.01. The minimum Gasteiger partial charge on any atom is -0.298 e. The molecule has 1 fully saturated rings. The molecule has 3 aromatic rings. The Morgan fingerprint density at radius 3 is 2.88 bits per heavy atom. The summed E-state index contributed by atoms with van der Waals surface area (Å²) in [7, 11) is 0. The highest BCUT2D eigenvalue weighted by Crippen LogP contribution is 2.25. The molecule has 26 heavy (non-hydrogen) atoms. The zero-order valence-electron chi connectivity index (χ0n) is 14.7. The Morgan fingerprint density at radius 2 is 2.08 bits per heavy atom. The Kier molecular flexibility index (Phi) is 5.04. The van der Waals surface area contributed by atoms with E-state index < -0.39 is 0 Å². The lowest BCUT2D eigenvalue weighted by atomic mass is 9.90. The van der Waals surface area contributed by atoms with Gasteiger partial charge in [-0.3, -0.25) is 9.69 Å². The minimum absolute atomic E-state index is 0.0542. The van der Waals surface area contributed by atoms with Crippen molar-refractivity contribution in [2.24, 2.45) is 5.92 Å². The maximum Gasteiger partial charge on any atom is 0.167 e. The van der Waals surface area contributed by atoms with Crippen molar-refractivity contribution in [3.05, 3.63) is 53.6 Å². The van der Waals surface area contributed by atoms with E-state index in [-0.39, 0.29) is 11.7 Å². The van der Waals surface area contributed by atoms with Crippen molar-refractivity contribution in [1.82, 2.24) is 15.2 Å². The first-order chi connectivity index (χ1) is 12.7. The summed E-state index contributed by atoms with van der Waals surface area (Å²) in [6, 6.07) is 13.9. The van der Waals surface area contributed by atoms with Gasteiger partial charge >= 0.3 is 0 Å². The average molecular weight is 367 g/mol. The number of carbonyl (C=O) groups is 1. The van der Waals surface area contributed by atoms with Crippen molar-refractivity contribution >= 4 is 28.6 Å². The highest BCUT2D eigenvalue weighted by atomic mass is 32.2. The van der Waals surface area contributed by atoms with Crippen molar-refractivity contribution in [1.29, 1.82) is 0 Å². The molecule has 0 amide bonds. The van der Waals surface area contributed by atoms with E-state index in [0.29, 0.717) is 0 Å². The number of fused-ring (bicyclic) bond motifs is 1. The van der Waals surface area contributed by atoms with E-state index in [9.17, 15) is 4.79 Å². The van der Waals surface area contributed by atoms with Crippen LogP contribution in [0, 0.1) is 5.92 Å². The van der Waals surface area contributed by atoms with E-state index in [4.69, 9.17) is 4.63 Å². The van der Waals surface area contributed by atoms with E-state index in [1.807, 2.05) is 42.7 Å². The summed E-state index contributed by atoms with van der Waals surface area (Å²) in [5.41, 5.74) is 3.51. The minimum atomic E-state index is 0.0542. The summed E-state index contributed by atoms with van der Waals surface area (Å²) in [6.07, 6.45) is 4.03. The van der Waals surface area contributed by atoms with Crippen LogP contribution in [-0.2, 0) is 6.54 Å². The molecule has 134 valence electrons. The molecule has 0 aliphatic carbocycles. The number of Topliss-reactive ketones (excluding diaryl/α,β-unsaturated/α-hetero) is 1. The SMILES string of the molecule is CSc1ccc(C(=O)[C@@H]2CCCN(Cc3cccc4nonc34)C2)cc1. The summed E-state index contributed by atoms with van der Waals surface area (Å²) in [5, 5.41) is 7.93. The van der Waals surface area contributed by atoms with Gasteiger partial charge in [-0.2, -0.15) is 0 Å². The summed E-state index contributed by atoms with van der Waals surface area (Å²) in [5.74, 6) is 0.308. The number of likely N-dealkylation sites (tertiary alicyclic amines) is 1. The number of nitrogens with zero attached hydrogens (tertiary/aromatic N) is 3. The molecular weight excluding hydrogens is 346 g/mol. The quantitative estimate of drug-likeness (QED) is 0.501. The standard InChI is InChI=1S/C20H21N3O2S/c1-26-17-9-7-14(8-10-17)20(24)16-5-3-11-23(13-16)12-15-4-2-6-18-19(15)22-25-21-18/h2,4,6-10,16H,3,5,11-13H2,1H3/t16-/m1/s1. The van der Waals surface area contributed by atoms with Gasteiger partial charge in [0.05, 0.1) is 0 Å². The van der Waals surface area contributed by atoms with E-state index >= 15 is 0 Å². The molecule has 1 saturated heterocycles. The number of aromatic nitrogens is 2. The first-order valence-corrected chi connectivity index (χ1v) is 10.1. The van der Waals surface area contributed by atoms with Crippen LogP contribution >= 0.6 is 11.8 Å². The van der Waals surface area contributed by atoms with Gasteiger partial charge in [0.15, 0.2) is 5.78 Å². The van der Waals surface area contributed by atoms with Crippen molar-refractivity contribution < 1.29 is 9.42 Å². The van der Waals surface area contributed by atoms with Crippen molar-refractivity contribution in [2.75, 3.05) is 19.3 Å². The van der Waals surface area contributed by atoms with Gasteiger partial charge in [-0.05, 0) is 59.7 Å². The molecule has 1 aromatic heterocycles. The van der Waals surface area contributed by atoms with Crippen LogP contribution in [0.15, 0.2) is 52.0 Å². The number of piperidine rings is 1. The lowest BCUT2D eigenvalue weighted by molar-refractivity contribution is 0.0812. The fourth-order valence-corrected chi connectivity index (χ4v) is 4.04. The van der Waals surface area contributed by atoms with Crippen molar-refractivity contribution in [3.63, 3.8) is 0 Å². The lowest BCUT2D eigenvalue weighted by Crippen LogP contribution is -2.38. The molecule has 0 N–H and O–H groups in total. The second kappa shape index (κ2) is 7.60. The fourth-order valence-electron chi connectivity index (χ4n) is 3.63. The lowest BCUT2D eigenvalue weighted by Gasteiger charge is -2.32. The van der Waals surface area contributed by atoms with Crippen LogP contribution in [0.25, 0.3) is 11.0 Å². The van der Waals surface area contributed by atoms with Crippen molar-refractivity contribution in [3.8, 4) is 0 Å². The fraction of sp³-hybridized carbons (Fsp3) is 0.350. The molecule has 4 rings (SSSR count). The van der Waals surface area contributed by atoms with Crippen LogP contribution in [0.3, 0.4) is 0 Å². The number of hydrogen-bond donors (Lipinski definition) is 0. The number of thioether (sulfide) groups is 1. The average Bonchev–Trinajstić information content (AvgIpc) is 3.18. The summed E-state index contributed by atoms with van der Waals surface area (Å²) >= 11 is 1.69. The first kappa shape index (κ1) is 17.2. The van der Waals surface area contributed by atoms with E-state index in [2.05, 4.69) is 21.3 Å². The van der Waals surface area contributed by atoms with Gasteiger partial charge in [-0.15, -0.1) is 11.8 Å². The Labute approximate surface area is 156 Å². The van der Waals surface area contributed by atoms with Gasteiger partial charge in [0.25, 0.3) is 0 Å². The van der Waals surface area contributed by atoms with Crippen molar-refractivity contribution in [2.45, 2.75) is 24.3 Å². The molecule has 0 unspecified atom stereocenters. The molecule has 0 bridgehead atoms. The highest BCUT2D eigenvalue weighted by Gasteiger charge is 2.27. The topological polar surface area (TPSA) is 59.2 Å². The summed E-state index contributed by atoms with van der Waals surface area (Å²) in [6.45, 7) is 2.54. The molecule has 5 nitrogen and oxygen atoms in total. The van der Waals surface area contributed by atoms with Crippen LogP contribution in [0.4, 0.5) is 0 Å². The Bertz CT molecular complexity index is 907. The summed E-state index contributed by atoms with van der Waals surface area (Å²) < 4.78 is 4.86. The van der Waals surface area contributed by atoms with Gasteiger partial charge in [0, 0.05) is 29.5 Å². The van der Waals surface area contributed by atoms with Crippen LogP contribution in [0.1, 0.15) is 28.8 Å². The Hall–Kier alpha value is -2.18. The number of carbonyl (C=O) groups excluding carboxylic acids is 1. The Morgan fingerprint density at radius 1 is 1.23 bits per heavy atom. The number of hydrogen-bond acceptors (Lipinski definition) is 6. The molecule has 6 heteroatoms. The number of ketones is 1. The van der Waals surface area contributed by atoms with Crippen LogP contribution < -0.4 is 0 Å². The number of benzene rings is 2. The third-order valence-corrected chi connectivity index (χ3v) is 5.76. The van der Waals surface area contributed by atoms with Crippen LogP contribution in [-0.4, -0.2) is 40.3 Å². The predicted octanol–water partition coefficient (Wildman–Crippen LogP) is 4.04. The van der Waals surface area contributed by atoms with E-state index in [1.54, 1.807) is 11.8 Å². The molecule has 1 atom stereocenters. The van der Waals surface area contributed by atoms with E-state index in [0.717, 1.165) is 54.6 Å². The second-order valence-electron chi connectivity index (χ2n) is 6.72. The third kappa shape index (κ3) is 3.52. The normalized spacial score (nSPS) is 18.3. The largest absolute Gasteiger partial charge is 0.298 e. The molecule has 1 aliphatic heterocycles. The molecule has 2 heterocycles. The van der Waals surface area contributed by atoms with Crippen LogP contribution in [0.5, 0.6) is 0 Å². The molecule has 0 radical (unpaired) electrons. The highest BCUT2D eigenvalue weighted by molar-refractivity contribution is 7.98.